The summed E-state index contributed by atoms with van der Waals surface area (Å²) in [5, 5.41) is 0.602. The standard InChI is InChI=1S/C12H9ClN4OS/c1-16-6-14-9-10(16)15-12(19)17(11(9)18)8-4-2-7(13)3-5-8/h2-6H,1H3,(H,15,19). The van der Waals surface area contributed by atoms with Crippen LogP contribution in [0.25, 0.3) is 16.9 Å². The van der Waals surface area contributed by atoms with E-state index in [0.717, 1.165) is 0 Å². The smallest absolute Gasteiger partial charge is 0.287 e. The van der Waals surface area contributed by atoms with Crippen LogP contribution in [0.2, 0.25) is 5.02 Å². The predicted molar refractivity (Wildman–Crippen MR) is 76.5 cm³/mol. The highest BCUT2D eigenvalue weighted by Crippen LogP contribution is 2.13. The second-order valence-electron chi connectivity index (χ2n) is 4.10. The molecule has 0 atom stereocenters. The van der Waals surface area contributed by atoms with Crippen molar-refractivity contribution >= 4 is 35.0 Å². The highest BCUT2D eigenvalue weighted by molar-refractivity contribution is 7.71. The van der Waals surface area contributed by atoms with Gasteiger partial charge in [-0.15, -0.1) is 0 Å². The highest BCUT2D eigenvalue weighted by atomic mass is 35.5. The van der Waals surface area contributed by atoms with Crippen molar-refractivity contribution < 1.29 is 0 Å². The van der Waals surface area contributed by atoms with E-state index in [4.69, 9.17) is 23.8 Å². The first kappa shape index (κ1) is 12.1. The Balaban J connectivity index is 2.39. The third kappa shape index (κ3) is 1.89. The molecule has 0 bridgehead atoms. The number of imidazole rings is 1. The first-order chi connectivity index (χ1) is 9.08. The van der Waals surface area contributed by atoms with Crippen molar-refractivity contribution in [2.24, 2.45) is 7.05 Å². The summed E-state index contributed by atoms with van der Waals surface area (Å²) in [7, 11) is 1.80. The molecule has 19 heavy (non-hydrogen) atoms. The minimum absolute atomic E-state index is 0.248. The van der Waals surface area contributed by atoms with E-state index in [-0.39, 0.29) is 5.56 Å². The molecule has 0 aliphatic heterocycles. The van der Waals surface area contributed by atoms with Crippen LogP contribution in [0, 0.1) is 4.77 Å². The van der Waals surface area contributed by atoms with Gasteiger partial charge < -0.3 is 9.55 Å². The van der Waals surface area contributed by atoms with Crippen LogP contribution in [0.3, 0.4) is 0 Å². The lowest BCUT2D eigenvalue weighted by Crippen LogP contribution is -2.20. The van der Waals surface area contributed by atoms with Gasteiger partial charge in [0.25, 0.3) is 5.56 Å². The number of benzene rings is 1. The first-order valence-corrected chi connectivity index (χ1v) is 6.29. The largest absolute Gasteiger partial charge is 0.320 e. The van der Waals surface area contributed by atoms with Gasteiger partial charge in [-0.25, -0.2) is 4.98 Å². The summed E-state index contributed by atoms with van der Waals surface area (Å²) in [5.74, 6) is 0. The Bertz CT molecular complexity index is 875. The molecular weight excluding hydrogens is 284 g/mol. The average molecular weight is 293 g/mol. The molecule has 2 aromatic heterocycles. The van der Waals surface area contributed by atoms with Gasteiger partial charge in [0.05, 0.1) is 12.0 Å². The molecule has 7 heteroatoms. The fourth-order valence-corrected chi connectivity index (χ4v) is 2.33. The van der Waals surface area contributed by atoms with Gasteiger partial charge in [-0.1, -0.05) is 11.6 Å². The number of aryl methyl sites for hydroxylation is 1. The van der Waals surface area contributed by atoms with Gasteiger partial charge in [-0.3, -0.25) is 9.36 Å². The minimum atomic E-state index is -0.248. The molecule has 0 spiro atoms. The Morgan fingerprint density at radius 1 is 1.32 bits per heavy atom. The van der Waals surface area contributed by atoms with Crippen molar-refractivity contribution in [2.45, 2.75) is 0 Å². The molecule has 0 aliphatic carbocycles. The summed E-state index contributed by atoms with van der Waals surface area (Å²) < 4.78 is 3.45. The Kier molecular flexibility index (Phi) is 2.76. The highest BCUT2D eigenvalue weighted by Gasteiger charge is 2.10. The van der Waals surface area contributed by atoms with Crippen LogP contribution in [0.15, 0.2) is 35.4 Å². The number of aromatic nitrogens is 4. The van der Waals surface area contributed by atoms with Crippen molar-refractivity contribution in [3.8, 4) is 5.69 Å². The number of nitrogens with one attached hydrogen (secondary N) is 1. The maximum absolute atomic E-state index is 12.4. The summed E-state index contributed by atoms with van der Waals surface area (Å²) in [6.07, 6.45) is 1.57. The fraction of sp³-hybridized carbons (Fsp3) is 0.0833. The van der Waals surface area contributed by atoms with Crippen LogP contribution in [0.5, 0.6) is 0 Å². The third-order valence-electron chi connectivity index (χ3n) is 2.86. The molecule has 1 aromatic carbocycles. The maximum Gasteiger partial charge on any atom is 0.287 e. The molecule has 0 aliphatic rings. The van der Waals surface area contributed by atoms with Crippen molar-refractivity contribution in [3.05, 3.63) is 50.7 Å². The Morgan fingerprint density at radius 2 is 2.00 bits per heavy atom. The van der Waals surface area contributed by atoms with Gasteiger partial charge in [0.15, 0.2) is 10.3 Å². The molecule has 0 saturated carbocycles. The Morgan fingerprint density at radius 3 is 2.68 bits per heavy atom. The van der Waals surface area contributed by atoms with E-state index in [1.807, 2.05) is 0 Å². The molecular formula is C12H9ClN4OS. The van der Waals surface area contributed by atoms with Crippen LogP contribution in [-0.4, -0.2) is 19.1 Å². The zero-order valence-corrected chi connectivity index (χ0v) is 11.5. The van der Waals surface area contributed by atoms with Gasteiger partial charge in [0.2, 0.25) is 0 Å². The molecule has 1 N–H and O–H groups in total. The van der Waals surface area contributed by atoms with Gasteiger partial charge in [-0.2, -0.15) is 0 Å². The summed E-state index contributed by atoms with van der Waals surface area (Å²) in [6.45, 7) is 0. The molecule has 0 saturated heterocycles. The number of halogens is 1. The summed E-state index contributed by atoms with van der Waals surface area (Å²) in [5.41, 5.74) is 1.37. The van der Waals surface area contributed by atoms with E-state index in [1.54, 1.807) is 42.2 Å². The SMILES string of the molecule is Cn1cnc2c(=O)n(-c3ccc(Cl)cc3)c(=S)[nH]c21. The van der Waals surface area contributed by atoms with Crippen LogP contribution in [0.1, 0.15) is 0 Å². The number of aromatic amines is 1. The summed E-state index contributed by atoms with van der Waals surface area (Å²) >= 11 is 11.1. The number of nitrogens with zero attached hydrogens (tertiary/aromatic N) is 3. The number of rotatable bonds is 1. The fourth-order valence-electron chi connectivity index (χ4n) is 1.91. The molecule has 0 amide bonds. The second-order valence-corrected chi connectivity index (χ2v) is 4.92. The number of hydrogen-bond donors (Lipinski definition) is 1. The third-order valence-corrected chi connectivity index (χ3v) is 3.39. The monoisotopic (exact) mass is 292 g/mol. The van der Waals surface area contributed by atoms with Crippen molar-refractivity contribution in [1.82, 2.24) is 19.1 Å². The molecule has 0 radical (unpaired) electrons. The predicted octanol–water partition coefficient (Wildman–Crippen LogP) is 2.44. The van der Waals surface area contributed by atoms with Gasteiger partial charge in [0, 0.05) is 12.1 Å². The number of hydrogen-bond acceptors (Lipinski definition) is 3. The zero-order valence-electron chi connectivity index (χ0n) is 9.92. The number of H-pyrrole nitrogens is 1. The van der Waals surface area contributed by atoms with Crippen molar-refractivity contribution in [1.29, 1.82) is 0 Å². The van der Waals surface area contributed by atoms with Gasteiger partial charge >= 0.3 is 0 Å². The molecule has 3 aromatic rings. The van der Waals surface area contributed by atoms with E-state index >= 15 is 0 Å². The van der Waals surface area contributed by atoms with Crippen LogP contribution < -0.4 is 5.56 Å². The molecule has 3 rings (SSSR count). The molecule has 0 fully saturated rings. The number of fused-ring (bicyclic) bond motifs is 1. The lowest BCUT2D eigenvalue weighted by molar-refractivity contribution is 0.897. The molecule has 5 nitrogen and oxygen atoms in total. The normalized spacial score (nSPS) is 11.1. The van der Waals surface area contributed by atoms with Crippen LogP contribution >= 0.6 is 23.8 Å². The quantitative estimate of drug-likeness (QED) is 0.701. The minimum Gasteiger partial charge on any atom is -0.320 e. The Hall–Kier alpha value is -1.92. The van der Waals surface area contributed by atoms with Gasteiger partial charge in [0.1, 0.15) is 5.65 Å². The van der Waals surface area contributed by atoms with E-state index in [9.17, 15) is 4.79 Å². The lowest BCUT2D eigenvalue weighted by Gasteiger charge is -2.06. The first-order valence-electron chi connectivity index (χ1n) is 5.50. The van der Waals surface area contributed by atoms with E-state index in [0.29, 0.717) is 26.6 Å². The van der Waals surface area contributed by atoms with Crippen LogP contribution in [-0.2, 0) is 7.05 Å². The molecule has 0 unspecified atom stereocenters. The second kappa shape index (κ2) is 4.32. The Labute approximate surface area is 118 Å². The summed E-state index contributed by atoms with van der Waals surface area (Å²) in [4.78, 5) is 19.5. The van der Waals surface area contributed by atoms with Crippen LogP contribution in [0.4, 0.5) is 0 Å². The topological polar surface area (TPSA) is 55.6 Å². The average Bonchev–Trinajstić information content (AvgIpc) is 2.74. The van der Waals surface area contributed by atoms with E-state index in [1.165, 1.54) is 4.57 Å². The summed E-state index contributed by atoms with van der Waals surface area (Å²) in [6, 6.07) is 6.89. The lowest BCUT2D eigenvalue weighted by atomic mass is 10.3. The van der Waals surface area contributed by atoms with E-state index < -0.39 is 0 Å². The van der Waals surface area contributed by atoms with Crippen molar-refractivity contribution in [2.75, 3.05) is 0 Å². The molecule has 2 heterocycles. The van der Waals surface area contributed by atoms with E-state index in [2.05, 4.69) is 9.97 Å². The zero-order chi connectivity index (χ0) is 13.6. The van der Waals surface area contributed by atoms with Gasteiger partial charge in [-0.05, 0) is 36.5 Å². The molecule has 96 valence electrons. The maximum atomic E-state index is 12.4. The van der Waals surface area contributed by atoms with Crippen molar-refractivity contribution in [3.63, 3.8) is 0 Å².